The third kappa shape index (κ3) is 3.01. The third-order valence-corrected chi connectivity index (χ3v) is 4.32. The molecule has 2 atom stereocenters. The maximum Gasteiger partial charge on any atom is 0.236 e. The SMILES string of the molecule is CNC(=O)C(C)NCC1Cc2ccccc2S1. The van der Waals surface area contributed by atoms with Crippen LogP contribution in [0.15, 0.2) is 29.2 Å². The molecule has 1 amide bonds. The van der Waals surface area contributed by atoms with Crippen LogP contribution in [0, 0.1) is 0 Å². The molecule has 0 aliphatic carbocycles. The Balaban J connectivity index is 1.82. The van der Waals surface area contributed by atoms with Crippen LogP contribution in [0.3, 0.4) is 0 Å². The monoisotopic (exact) mass is 250 g/mol. The fourth-order valence-electron chi connectivity index (χ4n) is 1.99. The summed E-state index contributed by atoms with van der Waals surface area (Å²) in [6, 6.07) is 8.40. The van der Waals surface area contributed by atoms with Crippen LogP contribution in [0.5, 0.6) is 0 Å². The zero-order valence-electron chi connectivity index (χ0n) is 10.2. The van der Waals surface area contributed by atoms with E-state index in [1.54, 1.807) is 7.05 Å². The standard InChI is InChI=1S/C13H18N2OS/c1-9(13(16)14-2)15-8-11-7-10-5-3-4-6-12(10)17-11/h3-6,9,11,15H,7-8H2,1-2H3,(H,14,16). The highest BCUT2D eigenvalue weighted by atomic mass is 32.2. The molecule has 0 aromatic heterocycles. The average Bonchev–Trinajstić information content (AvgIpc) is 2.77. The van der Waals surface area contributed by atoms with Crippen LogP contribution in [-0.2, 0) is 11.2 Å². The number of carbonyl (C=O) groups is 1. The molecule has 4 heteroatoms. The molecule has 2 rings (SSSR count). The maximum absolute atomic E-state index is 11.4. The molecule has 0 saturated carbocycles. The van der Waals surface area contributed by atoms with E-state index in [9.17, 15) is 4.79 Å². The molecule has 1 aromatic rings. The molecule has 1 heterocycles. The lowest BCUT2D eigenvalue weighted by molar-refractivity contribution is -0.122. The van der Waals surface area contributed by atoms with Gasteiger partial charge in [0.1, 0.15) is 0 Å². The van der Waals surface area contributed by atoms with Crippen molar-refractivity contribution in [2.45, 2.75) is 29.5 Å². The zero-order valence-corrected chi connectivity index (χ0v) is 11.0. The minimum Gasteiger partial charge on any atom is -0.358 e. The maximum atomic E-state index is 11.4. The van der Waals surface area contributed by atoms with E-state index in [2.05, 4.69) is 34.9 Å². The van der Waals surface area contributed by atoms with Crippen LogP contribution >= 0.6 is 11.8 Å². The highest BCUT2D eigenvalue weighted by Crippen LogP contribution is 2.36. The minimum atomic E-state index is -0.121. The lowest BCUT2D eigenvalue weighted by Crippen LogP contribution is -2.43. The fourth-order valence-corrected chi connectivity index (χ4v) is 3.25. The summed E-state index contributed by atoms with van der Waals surface area (Å²) in [5, 5.41) is 6.47. The quantitative estimate of drug-likeness (QED) is 0.849. The molecule has 2 N–H and O–H groups in total. The van der Waals surface area contributed by atoms with Gasteiger partial charge in [-0.15, -0.1) is 11.8 Å². The van der Waals surface area contributed by atoms with Gasteiger partial charge in [0.25, 0.3) is 0 Å². The Morgan fingerprint density at radius 3 is 3.00 bits per heavy atom. The predicted molar refractivity (Wildman–Crippen MR) is 71.3 cm³/mol. The average molecular weight is 250 g/mol. The van der Waals surface area contributed by atoms with Crippen LogP contribution in [-0.4, -0.2) is 30.8 Å². The highest BCUT2D eigenvalue weighted by Gasteiger charge is 2.22. The smallest absolute Gasteiger partial charge is 0.236 e. The molecule has 0 bridgehead atoms. The number of nitrogens with one attached hydrogen (secondary N) is 2. The van der Waals surface area contributed by atoms with E-state index in [-0.39, 0.29) is 11.9 Å². The van der Waals surface area contributed by atoms with Crippen LogP contribution < -0.4 is 10.6 Å². The number of benzene rings is 1. The van der Waals surface area contributed by atoms with Crippen molar-refractivity contribution in [3.8, 4) is 0 Å². The number of rotatable bonds is 4. The summed E-state index contributed by atoms with van der Waals surface area (Å²) in [5.41, 5.74) is 1.43. The topological polar surface area (TPSA) is 41.1 Å². The van der Waals surface area contributed by atoms with Crippen molar-refractivity contribution in [1.82, 2.24) is 10.6 Å². The molecular weight excluding hydrogens is 232 g/mol. The Morgan fingerprint density at radius 1 is 1.53 bits per heavy atom. The Morgan fingerprint density at radius 2 is 2.29 bits per heavy atom. The number of hydrogen-bond donors (Lipinski definition) is 2. The number of amides is 1. The van der Waals surface area contributed by atoms with Gasteiger partial charge in [-0.2, -0.15) is 0 Å². The highest BCUT2D eigenvalue weighted by molar-refractivity contribution is 8.00. The molecule has 1 aliphatic heterocycles. The molecule has 1 aliphatic rings. The van der Waals surface area contributed by atoms with Gasteiger partial charge in [-0.1, -0.05) is 18.2 Å². The van der Waals surface area contributed by atoms with E-state index >= 15 is 0 Å². The predicted octanol–water partition coefficient (Wildman–Crippen LogP) is 1.43. The summed E-state index contributed by atoms with van der Waals surface area (Å²) in [7, 11) is 1.67. The van der Waals surface area contributed by atoms with Crippen LogP contribution in [0.25, 0.3) is 0 Å². The molecule has 92 valence electrons. The van der Waals surface area contributed by atoms with Gasteiger partial charge < -0.3 is 10.6 Å². The first-order chi connectivity index (χ1) is 8.20. The minimum absolute atomic E-state index is 0.0468. The van der Waals surface area contributed by atoms with Crippen molar-refractivity contribution in [3.63, 3.8) is 0 Å². The molecule has 2 unspecified atom stereocenters. The molecule has 0 saturated heterocycles. The first-order valence-corrected chi connectivity index (χ1v) is 6.78. The summed E-state index contributed by atoms with van der Waals surface area (Å²) in [4.78, 5) is 12.7. The van der Waals surface area contributed by atoms with Crippen LogP contribution in [0.1, 0.15) is 12.5 Å². The van der Waals surface area contributed by atoms with Gasteiger partial charge in [0.15, 0.2) is 0 Å². The van der Waals surface area contributed by atoms with E-state index in [0.717, 1.165) is 13.0 Å². The summed E-state index contributed by atoms with van der Waals surface area (Å²) in [6.07, 6.45) is 1.09. The van der Waals surface area contributed by atoms with E-state index in [1.165, 1.54) is 10.5 Å². The lowest BCUT2D eigenvalue weighted by atomic mass is 10.1. The molecule has 17 heavy (non-hydrogen) atoms. The van der Waals surface area contributed by atoms with Gasteiger partial charge in [0, 0.05) is 23.7 Å². The first kappa shape index (κ1) is 12.5. The van der Waals surface area contributed by atoms with Gasteiger partial charge in [0.2, 0.25) is 5.91 Å². The Hall–Kier alpha value is -1.00. The van der Waals surface area contributed by atoms with Crippen molar-refractivity contribution in [3.05, 3.63) is 29.8 Å². The van der Waals surface area contributed by atoms with Crippen molar-refractivity contribution in [2.24, 2.45) is 0 Å². The number of carbonyl (C=O) groups excluding carboxylic acids is 1. The van der Waals surface area contributed by atoms with Gasteiger partial charge in [-0.25, -0.2) is 0 Å². The van der Waals surface area contributed by atoms with Crippen molar-refractivity contribution < 1.29 is 4.79 Å². The molecule has 3 nitrogen and oxygen atoms in total. The number of hydrogen-bond acceptors (Lipinski definition) is 3. The van der Waals surface area contributed by atoms with E-state index in [0.29, 0.717) is 5.25 Å². The second-order valence-corrected chi connectivity index (χ2v) is 5.64. The van der Waals surface area contributed by atoms with Gasteiger partial charge in [0.05, 0.1) is 6.04 Å². The van der Waals surface area contributed by atoms with Crippen molar-refractivity contribution >= 4 is 17.7 Å². The van der Waals surface area contributed by atoms with Crippen molar-refractivity contribution in [2.75, 3.05) is 13.6 Å². The summed E-state index contributed by atoms with van der Waals surface area (Å²) in [5.74, 6) is 0.0468. The molecule has 1 aromatic carbocycles. The van der Waals surface area contributed by atoms with Gasteiger partial charge >= 0.3 is 0 Å². The van der Waals surface area contributed by atoms with E-state index < -0.39 is 0 Å². The Labute approximate surface area is 106 Å². The number of fused-ring (bicyclic) bond motifs is 1. The summed E-state index contributed by atoms with van der Waals surface area (Å²) >= 11 is 1.90. The summed E-state index contributed by atoms with van der Waals surface area (Å²) < 4.78 is 0. The fraction of sp³-hybridized carbons (Fsp3) is 0.462. The second kappa shape index (κ2) is 5.56. The third-order valence-electron chi connectivity index (χ3n) is 3.01. The lowest BCUT2D eigenvalue weighted by Gasteiger charge is -2.15. The van der Waals surface area contributed by atoms with Crippen LogP contribution in [0.2, 0.25) is 0 Å². The molecule has 0 fully saturated rings. The Bertz CT molecular complexity index is 383. The Kier molecular flexibility index (Phi) is 4.07. The normalized spacial score (nSPS) is 19.8. The van der Waals surface area contributed by atoms with Gasteiger partial charge in [-0.3, -0.25) is 4.79 Å². The van der Waals surface area contributed by atoms with Gasteiger partial charge in [-0.05, 0) is 25.0 Å². The zero-order chi connectivity index (χ0) is 12.3. The van der Waals surface area contributed by atoms with Crippen molar-refractivity contribution in [1.29, 1.82) is 0 Å². The second-order valence-electron chi connectivity index (χ2n) is 4.30. The van der Waals surface area contributed by atoms with Crippen LogP contribution in [0.4, 0.5) is 0 Å². The van der Waals surface area contributed by atoms with E-state index in [4.69, 9.17) is 0 Å². The van der Waals surface area contributed by atoms with E-state index in [1.807, 2.05) is 18.7 Å². The number of thioether (sulfide) groups is 1. The molecule has 0 radical (unpaired) electrons. The summed E-state index contributed by atoms with van der Waals surface area (Å²) in [6.45, 7) is 2.76. The largest absolute Gasteiger partial charge is 0.358 e. The first-order valence-electron chi connectivity index (χ1n) is 5.90. The molecule has 0 spiro atoms. The molecular formula is C13H18N2OS. The number of likely N-dealkylation sites (N-methyl/N-ethyl adjacent to an activating group) is 1.